The lowest BCUT2D eigenvalue weighted by molar-refractivity contribution is -0.133. The third kappa shape index (κ3) is 7.78. The molecule has 3 N–H and O–H groups in total. The summed E-state index contributed by atoms with van der Waals surface area (Å²) in [6.07, 6.45) is 3.08. The number of hydrogen-bond acceptors (Lipinski definition) is 8. The topological polar surface area (TPSA) is 97.3 Å². The number of rotatable bonds is 12. The Morgan fingerprint density at radius 2 is 1.78 bits per heavy atom. The first-order chi connectivity index (χ1) is 17.4. The number of benzene rings is 3. The molecule has 3 aromatic rings. The van der Waals surface area contributed by atoms with Crippen molar-refractivity contribution in [2.24, 2.45) is 0 Å². The molecule has 0 radical (unpaired) electrons. The minimum Gasteiger partial charge on any atom is -0.508 e. The Hall–Kier alpha value is -3.46. The maximum atomic E-state index is 12.4. The van der Waals surface area contributed by atoms with Crippen molar-refractivity contribution in [1.29, 1.82) is 0 Å². The summed E-state index contributed by atoms with van der Waals surface area (Å²) >= 11 is 1.66. The van der Waals surface area contributed by atoms with Gasteiger partial charge in [-0.1, -0.05) is 30.3 Å². The molecule has 8 heteroatoms. The number of aliphatic hydroxyl groups excluding tert-OH is 1. The quantitative estimate of drug-likeness (QED) is 0.143. The molecule has 0 saturated heterocycles. The molecule has 3 aromatic carbocycles. The summed E-state index contributed by atoms with van der Waals surface area (Å²) in [5, 5.41) is 23.0. The fourth-order valence-corrected chi connectivity index (χ4v) is 3.88. The zero-order chi connectivity index (χ0) is 25.9. The van der Waals surface area contributed by atoms with E-state index in [1.165, 1.54) is 7.11 Å². The van der Waals surface area contributed by atoms with Crippen molar-refractivity contribution in [3.63, 3.8) is 0 Å². The van der Waals surface area contributed by atoms with E-state index in [2.05, 4.69) is 5.32 Å². The van der Waals surface area contributed by atoms with Gasteiger partial charge in [-0.05, 0) is 53.8 Å². The number of phenols is 1. The second-order valence-electron chi connectivity index (χ2n) is 7.94. The third-order valence-corrected chi connectivity index (χ3v) is 6.15. The van der Waals surface area contributed by atoms with Crippen molar-refractivity contribution in [1.82, 2.24) is 5.32 Å². The average molecular weight is 510 g/mol. The van der Waals surface area contributed by atoms with Crippen LogP contribution in [0, 0.1) is 0 Å². The largest absolute Gasteiger partial charge is 0.508 e. The molecule has 3 rings (SSSR count). The summed E-state index contributed by atoms with van der Waals surface area (Å²) in [5.74, 6) is 0.857. The van der Waals surface area contributed by atoms with Gasteiger partial charge in [0.15, 0.2) is 0 Å². The molecule has 0 bridgehead atoms. The molecule has 0 saturated carbocycles. The highest BCUT2D eigenvalue weighted by Gasteiger charge is 2.13. The van der Waals surface area contributed by atoms with E-state index in [1.807, 2.05) is 30.5 Å². The van der Waals surface area contributed by atoms with Gasteiger partial charge in [-0.2, -0.15) is 0 Å². The van der Waals surface area contributed by atoms with Crippen LogP contribution in [0.2, 0.25) is 0 Å². The van der Waals surface area contributed by atoms with Gasteiger partial charge >= 0.3 is 5.97 Å². The number of aliphatic hydroxyl groups is 1. The van der Waals surface area contributed by atoms with Crippen LogP contribution in [0.4, 0.5) is 0 Å². The summed E-state index contributed by atoms with van der Waals surface area (Å²) in [6, 6.07) is 19.9. The van der Waals surface area contributed by atoms with Crippen LogP contribution in [0.3, 0.4) is 0 Å². The SMILES string of the molecule is COC(=O)/C(=C/c1ccc(SC)cc1)c1ccc(OCC(O)CNCc2ccc(O)cc2OC)cc1. The summed E-state index contributed by atoms with van der Waals surface area (Å²) in [5.41, 5.74) is 2.91. The molecule has 0 heterocycles. The molecule has 0 aliphatic heterocycles. The standard InChI is InChI=1S/C28H31NO6S/c1-33-27-15-22(30)9-6-21(27)16-29-17-23(31)18-35-24-10-7-20(8-11-24)26(28(32)34-2)14-19-4-12-25(36-3)13-5-19/h4-15,23,29-31H,16-18H2,1-3H3/b26-14+. The van der Waals surface area contributed by atoms with E-state index in [-0.39, 0.29) is 12.4 Å². The zero-order valence-electron chi connectivity index (χ0n) is 20.6. The van der Waals surface area contributed by atoms with E-state index >= 15 is 0 Å². The Bertz CT molecular complexity index is 1160. The van der Waals surface area contributed by atoms with Crippen molar-refractivity contribution >= 4 is 29.4 Å². The molecule has 0 aliphatic rings. The van der Waals surface area contributed by atoms with Crippen molar-refractivity contribution in [3.05, 3.63) is 83.4 Å². The molecule has 36 heavy (non-hydrogen) atoms. The number of carbonyl (C=O) groups is 1. The van der Waals surface area contributed by atoms with Gasteiger partial charge in [0.05, 0.1) is 19.8 Å². The van der Waals surface area contributed by atoms with Gasteiger partial charge in [0, 0.05) is 29.6 Å². The first-order valence-corrected chi connectivity index (χ1v) is 12.6. The normalized spacial score (nSPS) is 12.2. The van der Waals surface area contributed by atoms with Gasteiger partial charge in [-0.25, -0.2) is 4.79 Å². The van der Waals surface area contributed by atoms with Crippen molar-refractivity contribution < 1.29 is 29.2 Å². The van der Waals surface area contributed by atoms with E-state index in [9.17, 15) is 15.0 Å². The fourth-order valence-electron chi connectivity index (χ4n) is 3.47. The van der Waals surface area contributed by atoms with E-state index < -0.39 is 12.1 Å². The zero-order valence-corrected chi connectivity index (χ0v) is 21.4. The van der Waals surface area contributed by atoms with E-state index in [0.717, 1.165) is 16.0 Å². The van der Waals surface area contributed by atoms with Gasteiger partial charge in [-0.3, -0.25) is 0 Å². The Morgan fingerprint density at radius 3 is 2.42 bits per heavy atom. The number of nitrogens with one attached hydrogen (secondary N) is 1. The van der Waals surface area contributed by atoms with Gasteiger partial charge in [0.2, 0.25) is 0 Å². The highest BCUT2D eigenvalue weighted by Crippen LogP contribution is 2.25. The van der Waals surface area contributed by atoms with Crippen LogP contribution in [0.25, 0.3) is 11.6 Å². The molecule has 0 aliphatic carbocycles. The summed E-state index contributed by atoms with van der Waals surface area (Å²) in [7, 11) is 2.90. The Kier molecular flexibility index (Phi) is 10.2. The monoisotopic (exact) mass is 509 g/mol. The lowest BCUT2D eigenvalue weighted by Crippen LogP contribution is -2.31. The number of phenolic OH excluding ortho intramolecular Hbond substituents is 1. The van der Waals surface area contributed by atoms with Crippen LogP contribution in [0.1, 0.15) is 16.7 Å². The maximum absolute atomic E-state index is 12.4. The van der Waals surface area contributed by atoms with Crippen LogP contribution >= 0.6 is 11.8 Å². The highest BCUT2D eigenvalue weighted by atomic mass is 32.2. The second-order valence-corrected chi connectivity index (χ2v) is 8.82. The molecule has 7 nitrogen and oxygen atoms in total. The molecular formula is C28H31NO6S. The van der Waals surface area contributed by atoms with Gasteiger partial charge in [0.25, 0.3) is 0 Å². The molecule has 1 atom stereocenters. The van der Waals surface area contributed by atoms with Crippen molar-refractivity contribution in [2.75, 3.05) is 33.6 Å². The number of ether oxygens (including phenoxy) is 3. The Balaban J connectivity index is 1.56. The summed E-state index contributed by atoms with van der Waals surface area (Å²) in [4.78, 5) is 13.6. The average Bonchev–Trinajstić information content (AvgIpc) is 2.91. The van der Waals surface area contributed by atoms with Crippen LogP contribution in [0.5, 0.6) is 17.2 Å². The minimum absolute atomic E-state index is 0.0978. The summed E-state index contributed by atoms with van der Waals surface area (Å²) in [6.45, 7) is 0.880. The van der Waals surface area contributed by atoms with Gasteiger partial charge in [-0.15, -0.1) is 11.8 Å². The van der Waals surface area contributed by atoms with Crippen LogP contribution < -0.4 is 14.8 Å². The predicted molar refractivity (Wildman–Crippen MR) is 142 cm³/mol. The molecule has 1 unspecified atom stereocenters. The van der Waals surface area contributed by atoms with Crippen LogP contribution in [-0.2, 0) is 16.1 Å². The van der Waals surface area contributed by atoms with E-state index in [4.69, 9.17) is 14.2 Å². The second kappa shape index (κ2) is 13.6. The molecule has 0 fully saturated rings. The predicted octanol–water partition coefficient (Wildman–Crippen LogP) is 4.37. The molecule has 0 aromatic heterocycles. The molecule has 0 spiro atoms. The van der Waals surface area contributed by atoms with Crippen LogP contribution in [-0.4, -0.2) is 55.9 Å². The molecule has 190 valence electrons. The number of esters is 1. The fraction of sp³-hybridized carbons (Fsp3) is 0.250. The highest BCUT2D eigenvalue weighted by molar-refractivity contribution is 7.98. The minimum atomic E-state index is -0.734. The first kappa shape index (κ1) is 27.1. The third-order valence-electron chi connectivity index (χ3n) is 5.41. The van der Waals surface area contributed by atoms with Crippen molar-refractivity contribution in [3.8, 4) is 17.2 Å². The number of carbonyl (C=O) groups excluding carboxylic acids is 1. The Morgan fingerprint density at radius 1 is 1.06 bits per heavy atom. The smallest absolute Gasteiger partial charge is 0.338 e. The van der Waals surface area contributed by atoms with Gasteiger partial charge < -0.3 is 29.7 Å². The number of aromatic hydroxyl groups is 1. The van der Waals surface area contributed by atoms with E-state index in [1.54, 1.807) is 67.4 Å². The number of methoxy groups -OCH3 is 2. The lowest BCUT2D eigenvalue weighted by Gasteiger charge is -2.15. The molecular weight excluding hydrogens is 478 g/mol. The maximum Gasteiger partial charge on any atom is 0.338 e. The van der Waals surface area contributed by atoms with Crippen molar-refractivity contribution in [2.45, 2.75) is 17.5 Å². The van der Waals surface area contributed by atoms with Gasteiger partial charge in [0.1, 0.15) is 30.0 Å². The van der Waals surface area contributed by atoms with Crippen LogP contribution in [0.15, 0.2) is 71.6 Å². The number of hydrogen-bond donors (Lipinski definition) is 3. The van der Waals surface area contributed by atoms with E-state index in [0.29, 0.717) is 35.7 Å². The summed E-state index contributed by atoms with van der Waals surface area (Å²) < 4.78 is 15.9. The molecule has 0 amide bonds. The Labute approximate surface area is 215 Å². The first-order valence-electron chi connectivity index (χ1n) is 11.4. The number of thioether (sulfide) groups is 1. The lowest BCUT2D eigenvalue weighted by atomic mass is 10.0.